The third kappa shape index (κ3) is 5.36. The number of amides is 1. The van der Waals surface area contributed by atoms with Crippen LogP contribution in [0.2, 0.25) is 0 Å². The van der Waals surface area contributed by atoms with Gasteiger partial charge in [-0.15, -0.1) is 0 Å². The van der Waals surface area contributed by atoms with Gasteiger partial charge in [0.25, 0.3) is 5.91 Å². The van der Waals surface area contributed by atoms with E-state index in [1.54, 1.807) is 56.3 Å². The fourth-order valence-corrected chi connectivity index (χ4v) is 3.91. The van der Waals surface area contributed by atoms with Gasteiger partial charge < -0.3 is 14.5 Å². The topological polar surface area (TPSA) is 103 Å². The van der Waals surface area contributed by atoms with E-state index in [0.29, 0.717) is 11.3 Å². The van der Waals surface area contributed by atoms with Gasteiger partial charge in [0.1, 0.15) is 11.5 Å². The van der Waals surface area contributed by atoms with E-state index in [1.807, 2.05) is 0 Å². The number of sulfone groups is 1. The van der Waals surface area contributed by atoms with Crippen molar-refractivity contribution in [3.63, 3.8) is 0 Å². The molecule has 8 heteroatoms. The minimum absolute atomic E-state index is 0.0171. The first-order chi connectivity index (χ1) is 14.2. The summed E-state index contributed by atoms with van der Waals surface area (Å²) in [6.45, 7) is 3.52. The van der Waals surface area contributed by atoms with Crippen molar-refractivity contribution in [1.29, 1.82) is 0 Å². The van der Waals surface area contributed by atoms with Gasteiger partial charge in [-0.05, 0) is 62.4 Å². The molecule has 0 unspecified atom stereocenters. The summed E-state index contributed by atoms with van der Waals surface area (Å²) in [5, 5.41) is 2.64. The predicted molar refractivity (Wildman–Crippen MR) is 111 cm³/mol. The normalized spacial score (nSPS) is 11.3. The number of ether oxygens (including phenoxy) is 1. The first-order valence-corrected chi connectivity index (χ1v) is 10.9. The first kappa shape index (κ1) is 21.3. The summed E-state index contributed by atoms with van der Waals surface area (Å²) < 4.78 is 35.4. The lowest BCUT2D eigenvalue weighted by molar-refractivity contribution is 0.0378. The Hall–Kier alpha value is -3.39. The number of anilines is 1. The average Bonchev–Trinajstić information content (AvgIpc) is 3.16. The van der Waals surface area contributed by atoms with Crippen LogP contribution in [0.3, 0.4) is 0 Å². The second-order valence-electron chi connectivity index (χ2n) is 6.82. The third-order valence-corrected chi connectivity index (χ3v) is 5.70. The highest BCUT2D eigenvalue weighted by molar-refractivity contribution is 7.90. The number of carbonyl (C=O) groups is 2. The lowest BCUT2D eigenvalue weighted by Crippen LogP contribution is -2.13. The van der Waals surface area contributed by atoms with Gasteiger partial charge in [-0.1, -0.05) is 18.2 Å². The number of carbonyl (C=O) groups excluding carboxylic acids is 2. The summed E-state index contributed by atoms with van der Waals surface area (Å²) in [6, 6.07) is 17.1. The van der Waals surface area contributed by atoms with Crippen molar-refractivity contribution in [3.05, 3.63) is 83.8 Å². The van der Waals surface area contributed by atoms with E-state index in [0.717, 1.165) is 0 Å². The number of furan rings is 1. The molecular weight excluding hydrogens is 406 g/mol. The molecule has 0 aliphatic carbocycles. The maximum Gasteiger partial charge on any atom is 0.338 e. The number of nitrogens with one attached hydrogen (secondary N) is 1. The summed E-state index contributed by atoms with van der Waals surface area (Å²) in [7, 11) is -3.58. The highest BCUT2D eigenvalue weighted by Gasteiger charge is 2.19. The predicted octanol–water partition coefficient (Wildman–Crippen LogP) is 4.07. The van der Waals surface area contributed by atoms with Crippen molar-refractivity contribution in [1.82, 2.24) is 0 Å². The molecule has 1 N–H and O–H groups in total. The van der Waals surface area contributed by atoms with Crippen LogP contribution in [-0.4, -0.2) is 26.4 Å². The maximum absolute atomic E-state index is 12.4. The first-order valence-electron chi connectivity index (χ1n) is 9.23. The smallest absolute Gasteiger partial charge is 0.338 e. The van der Waals surface area contributed by atoms with E-state index in [4.69, 9.17) is 9.15 Å². The molecular formula is C22H21NO6S. The molecule has 1 aromatic heterocycles. The molecule has 0 atom stereocenters. The molecule has 0 radical (unpaired) electrons. The van der Waals surface area contributed by atoms with Gasteiger partial charge >= 0.3 is 5.97 Å². The van der Waals surface area contributed by atoms with Crippen LogP contribution in [0.1, 0.15) is 40.5 Å². The van der Waals surface area contributed by atoms with Gasteiger partial charge in [0.05, 0.1) is 16.6 Å². The van der Waals surface area contributed by atoms with E-state index < -0.39 is 21.7 Å². The molecule has 1 heterocycles. The van der Waals surface area contributed by atoms with Crippen LogP contribution in [0.15, 0.2) is 76.0 Å². The minimum atomic E-state index is -3.58. The quantitative estimate of drug-likeness (QED) is 0.570. The summed E-state index contributed by atoms with van der Waals surface area (Å²) in [5.41, 5.74) is 0.823. The van der Waals surface area contributed by atoms with E-state index in [-0.39, 0.29) is 28.3 Å². The highest BCUT2D eigenvalue weighted by Crippen LogP contribution is 2.19. The average molecular weight is 427 g/mol. The van der Waals surface area contributed by atoms with Crippen molar-refractivity contribution in [3.8, 4) is 0 Å². The molecule has 3 rings (SSSR count). The second-order valence-corrected chi connectivity index (χ2v) is 8.81. The van der Waals surface area contributed by atoms with Gasteiger partial charge in [-0.25, -0.2) is 13.2 Å². The van der Waals surface area contributed by atoms with Crippen LogP contribution in [0, 0.1) is 0 Å². The number of hydrogen-bond donors (Lipinski definition) is 1. The third-order valence-electron chi connectivity index (χ3n) is 4.04. The molecule has 0 aliphatic heterocycles. The summed E-state index contributed by atoms with van der Waals surface area (Å²) in [5.74, 6) is -1.18. The molecule has 1 amide bonds. The molecule has 2 aromatic carbocycles. The van der Waals surface area contributed by atoms with Gasteiger partial charge in [0.15, 0.2) is 15.6 Å². The lowest BCUT2D eigenvalue weighted by Gasteiger charge is -2.08. The van der Waals surface area contributed by atoms with E-state index >= 15 is 0 Å². The molecule has 30 heavy (non-hydrogen) atoms. The lowest BCUT2D eigenvalue weighted by atomic mass is 10.2. The van der Waals surface area contributed by atoms with E-state index in [1.165, 1.54) is 24.3 Å². The van der Waals surface area contributed by atoms with Crippen molar-refractivity contribution >= 4 is 27.4 Å². The van der Waals surface area contributed by atoms with Gasteiger partial charge in [-0.3, -0.25) is 4.79 Å². The molecule has 0 spiro atoms. The zero-order valence-electron chi connectivity index (χ0n) is 16.5. The molecule has 156 valence electrons. The number of rotatable bonds is 7. The van der Waals surface area contributed by atoms with Gasteiger partial charge in [0.2, 0.25) is 0 Å². The highest BCUT2D eigenvalue weighted by atomic mass is 32.2. The van der Waals surface area contributed by atoms with Crippen LogP contribution in [0.4, 0.5) is 5.69 Å². The van der Waals surface area contributed by atoms with E-state index in [2.05, 4.69) is 5.32 Å². The Morgan fingerprint density at radius 1 is 0.967 bits per heavy atom. The zero-order valence-corrected chi connectivity index (χ0v) is 17.3. The Labute approximate surface area is 174 Å². The summed E-state index contributed by atoms with van der Waals surface area (Å²) >= 11 is 0. The summed E-state index contributed by atoms with van der Waals surface area (Å²) in [6.07, 6.45) is -0.226. The van der Waals surface area contributed by atoms with Gasteiger partial charge in [-0.2, -0.15) is 0 Å². The van der Waals surface area contributed by atoms with Crippen molar-refractivity contribution in [2.75, 3.05) is 5.32 Å². The van der Waals surface area contributed by atoms with Crippen LogP contribution >= 0.6 is 0 Å². The standard InChI is InChI=1S/C22H21NO6S/c1-15(2)28-22(25)16-8-10-17(11-9-16)23-21(24)20-13-12-18(29-20)14-30(26,27)19-6-4-3-5-7-19/h3-13,15H,14H2,1-2H3,(H,23,24). The molecule has 0 saturated heterocycles. The van der Waals surface area contributed by atoms with Crippen LogP contribution in [0.5, 0.6) is 0 Å². The van der Waals surface area contributed by atoms with Crippen LogP contribution in [0.25, 0.3) is 0 Å². The molecule has 0 saturated carbocycles. The molecule has 0 fully saturated rings. The fourth-order valence-electron chi connectivity index (χ4n) is 2.64. The number of esters is 1. The Morgan fingerprint density at radius 3 is 2.27 bits per heavy atom. The minimum Gasteiger partial charge on any atom is -0.459 e. The zero-order chi connectivity index (χ0) is 21.7. The monoisotopic (exact) mass is 427 g/mol. The molecule has 7 nitrogen and oxygen atoms in total. The number of benzene rings is 2. The van der Waals surface area contributed by atoms with Crippen molar-refractivity contribution in [2.24, 2.45) is 0 Å². The SMILES string of the molecule is CC(C)OC(=O)c1ccc(NC(=O)c2ccc(CS(=O)(=O)c3ccccc3)o2)cc1. The largest absolute Gasteiger partial charge is 0.459 e. The molecule has 0 bridgehead atoms. The summed E-state index contributed by atoms with van der Waals surface area (Å²) in [4.78, 5) is 24.4. The Balaban J connectivity index is 1.65. The Bertz CT molecular complexity index is 1130. The molecule has 0 aliphatic rings. The van der Waals surface area contributed by atoms with Crippen molar-refractivity contribution in [2.45, 2.75) is 30.6 Å². The number of hydrogen-bond acceptors (Lipinski definition) is 6. The maximum atomic E-state index is 12.4. The second kappa shape index (κ2) is 8.96. The van der Waals surface area contributed by atoms with Crippen LogP contribution in [-0.2, 0) is 20.3 Å². The Kier molecular flexibility index (Phi) is 6.37. The fraction of sp³-hybridized carbons (Fsp3) is 0.182. The van der Waals surface area contributed by atoms with E-state index in [9.17, 15) is 18.0 Å². The van der Waals surface area contributed by atoms with Crippen LogP contribution < -0.4 is 5.32 Å². The Morgan fingerprint density at radius 2 is 1.63 bits per heavy atom. The van der Waals surface area contributed by atoms with Gasteiger partial charge in [0, 0.05) is 5.69 Å². The van der Waals surface area contributed by atoms with Crippen molar-refractivity contribution < 1.29 is 27.2 Å². The molecule has 3 aromatic rings.